The lowest BCUT2D eigenvalue weighted by atomic mass is 9.97. The van der Waals surface area contributed by atoms with Crippen molar-refractivity contribution in [3.8, 4) is 0 Å². The summed E-state index contributed by atoms with van der Waals surface area (Å²) in [4.78, 5) is 12.3. The molecule has 1 atom stereocenters. The Morgan fingerprint density at radius 2 is 1.96 bits per heavy atom. The molecule has 0 saturated carbocycles. The van der Waals surface area contributed by atoms with E-state index < -0.39 is 10.0 Å². The molecule has 3 N–H and O–H groups in total. The molecule has 6 heteroatoms. The summed E-state index contributed by atoms with van der Waals surface area (Å²) in [6, 6.07) is 15.0. The number of primary sulfonamides is 1. The SMILES string of the molecule is NS(=O)(=O)Cc1cccc(NC(=O)C[C@H]2CCc3ccccc32)c1. The first kappa shape index (κ1) is 16.7. The van der Waals surface area contributed by atoms with Gasteiger partial charge in [0.1, 0.15) is 0 Å². The van der Waals surface area contributed by atoms with E-state index in [9.17, 15) is 13.2 Å². The first-order valence-electron chi connectivity index (χ1n) is 7.88. The minimum Gasteiger partial charge on any atom is -0.326 e. The number of sulfonamides is 1. The highest BCUT2D eigenvalue weighted by Gasteiger charge is 2.24. The van der Waals surface area contributed by atoms with Crippen LogP contribution in [0.15, 0.2) is 48.5 Å². The molecule has 1 aliphatic rings. The molecule has 2 aromatic rings. The van der Waals surface area contributed by atoms with Crippen LogP contribution >= 0.6 is 0 Å². The molecule has 0 aromatic heterocycles. The minimum atomic E-state index is -3.59. The summed E-state index contributed by atoms with van der Waals surface area (Å²) in [6.45, 7) is 0. The fourth-order valence-corrected chi connectivity index (χ4v) is 3.91. The van der Waals surface area contributed by atoms with Crippen LogP contribution in [0.1, 0.15) is 35.4 Å². The van der Waals surface area contributed by atoms with Crippen molar-refractivity contribution < 1.29 is 13.2 Å². The second-order valence-electron chi connectivity index (χ2n) is 6.19. The monoisotopic (exact) mass is 344 g/mol. The molecule has 5 nitrogen and oxygen atoms in total. The van der Waals surface area contributed by atoms with Gasteiger partial charge in [-0.25, -0.2) is 13.6 Å². The Morgan fingerprint density at radius 3 is 2.75 bits per heavy atom. The topological polar surface area (TPSA) is 89.3 Å². The van der Waals surface area contributed by atoms with Gasteiger partial charge in [0, 0.05) is 12.1 Å². The largest absolute Gasteiger partial charge is 0.326 e. The average molecular weight is 344 g/mol. The number of amides is 1. The summed E-state index contributed by atoms with van der Waals surface area (Å²) in [5, 5.41) is 7.91. The van der Waals surface area contributed by atoms with E-state index in [1.54, 1.807) is 24.3 Å². The molecule has 0 bridgehead atoms. The highest BCUT2D eigenvalue weighted by Crippen LogP contribution is 2.35. The van der Waals surface area contributed by atoms with Crippen LogP contribution in [-0.2, 0) is 27.0 Å². The van der Waals surface area contributed by atoms with E-state index in [1.165, 1.54) is 11.1 Å². The molecule has 0 unspecified atom stereocenters. The molecule has 0 radical (unpaired) electrons. The zero-order chi connectivity index (χ0) is 17.2. The number of aryl methyl sites for hydroxylation is 1. The second-order valence-corrected chi connectivity index (χ2v) is 7.81. The highest BCUT2D eigenvalue weighted by molar-refractivity contribution is 7.88. The molecular formula is C18H20N2O3S. The molecule has 1 aliphatic carbocycles. The van der Waals surface area contributed by atoms with Gasteiger partial charge in [0.25, 0.3) is 0 Å². The zero-order valence-corrected chi connectivity index (χ0v) is 14.1. The first-order valence-corrected chi connectivity index (χ1v) is 9.59. The predicted octanol–water partition coefficient (Wildman–Crippen LogP) is 2.53. The third-order valence-corrected chi connectivity index (χ3v) is 5.00. The van der Waals surface area contributed by atoms with Crippen LogP contribution < -0.4 is 10.5 Å². The van der Waals surface area contributed by atoms with E-state index in [4.69, 9.17) is 5.14 Å². The van der Waals surface area contributed by atoms with E-state index in [2.05, 4.69) is 17.4 Å². The van der Waals surface area contributed by atoms with Gasteiger partial charge in [0.15, 0.2) is 0 Å². The summed E-state index contributed by atoms with van der Waals surface area (Å²) >= 11 is 0. The molecule has 0 spiro atoms. The summed E-state index contributed by atoms with van der Waals surface area (Å²) < 4.78 is 22.3. The maximum atomic E-state index is 12.3. The van der Waals surface area contributed by atoms with Crippen LogP contribution in [0, 0.1) is 0 Å². The average Bonchev–Trinajstić information content (AvgIpc) is 2.89. The van der Waals surface area contributed by atoms with E-state index in [1.807, 2.05) is 12.1 Å². The predicted molar refractivity (Wildman–Crippen MR) is 94.0 cm³/mol. The van der Waals surface area contributed by atoms with Gasteiger partial charge in [0.2, 0.25) is 15.9 Å². The Morgan fingerprint density at radius 1 is 1.17 bits per heavy atom. The standard InChI is InChI=1S/C18H20N2O3S/c19-24(22,23)12-13-4-3-6-16(10-13)20-18(21)11-15-9-8-14-5-1-2-7-17(14)15/h1-7,10,15H,8-9,11-12H2,(H,20,21)(H2,19,22,23)/t15-/m1/s1. The summed E-state index contributed by atoms with van der Waals surface area (Å²) in [7, 11) is -3.59. The van der Waals surface area contributed by atoms with Crippen LogP contribution in [0.5, 0.6) is 0 Å². The van der Waals surface area contributed by atoms with Crippen LogP contribution in [-0.4, -0.2) is 14.3 Å². The number of carbonyl (C=O) groups is 1. The Hall–Kier alpha value is -2.18. The number of hydrogen-bond acceptors (Lipinski definition) is 3. The highest BCUT2D eigenvalue weighted by atomic mass is 32.2. The molecule has 0 saturated heterocycles. The van der Waals surface area contributed by atoms with Crippen molar-refractivity contribution in [2.45, 2.75) is 30.9 Å². The molecule has 3 rings (SSSR count). The first-order chi connectivity index (χ1) is 11.4. The lowest BCUT2D eigenvalue weighted by molar-refractivity contribution is -0.116. The van der Waals surface area contributed by atoms with Gasteiger partial charge in [-0.2, -0.15) is 0 Å². The maximum absolute atomic E-state index is 12.3. The van der Waals surface area contributed by atoms with Crippen LogP contribution in [0.3, 0.4) is 0 Å². The van der Waals surface area contributed by atoms with Crippen molar-refractivity contribution in [2.24, 2.45) is 5.14 Å². The van der Waals surface area contributed by atoms with Crippen molar-refractivity contribution >= 4 is 21.6 Å². The number of nitrogens with one attached hydrogen (secondary N) is 1. The molecule has 0 heterocycles. The number of hydrogen-bond donors (Lipinski definition) is 2. The Labute approximate surface area is 141 Å². The maximum Gasteiger partial charge on any atom is 0.224 e. The molecule has 1 amide bonds. The Balaban J connectivity index is 1.65. The number of anilines is 1. The number of rotatable bonds is 5. The summed E-state index contributed by atoms with van der Waals surface area (Å²) in [5.74, 6) is -0.0644. The summed E-state index contributed by atoms with van der Waals surface area (Å²) in [5.41, 5.74) is 3.73. The second kappa shape index (κ2) is 6.75. The van der Waals surface area contributed by atoms with Crippen LogP contribution in [0.2, 0.25) is 0 Å². The van der Waals surface area contributed by atoms with Gasteiger partial charge in [0.05, 0.1) is 5.75 Å². The van der Waals surface area contributed by atoms with Crippen LogP contribution in [0.25, 0.3) is 0 Å². The number of fused-ring (bicyclic) bond motifs is 1. The molecule has 0 fully saturated rings. The number of carbonyl (C=O) groups excluding carboxylic acids is 1. The fraction of sp³-hybridized carbons (Fsp3) is 0.278. The molecule has 24 heavy (non-hydrogen) atoms. The van der Waals surface area contributed by atoms with Crippen molar-refractivity contribution in [1.82, 2.24) is 0 Å². The van der Waals surface area contributed by atoms with E-state index >= 15 is 0 Å². The zero-order valence-electron chi connectivity index (χ0n) is 13.2. The van der Waals surface area contributed by atoms with Gasteiger partial charge >= 0.3 is 0 Å². The van der Waals surface area contributed by atoms with Gasteiger partial charge in [-0.05, 0) is 47.6 Å². The molecule has 2 aromatic carbocycles. The normalized spacial score (nSPS) is 16.6. The third kappa shape index (κ3) is 4.21. The van der Waals surface area contributed by atoms with Crippen LogP contribution in [0.4, 0.5) is 5.69 Å². The number of nitrogens with two attached hydrogens (primary N) is 1. The summed E-state index contributed by atoms with van der Waals surface area (Å²) in [6.07, 6.45) is 2.42. The Kier molecular flexibility index (Phi) is 4.69. The fourth-order valence-electron chi connectivity index (χ4n) is 3.26. The van der Waals surface area contributed by atoms with Gasteiger partial charge in [-0.15, -0.1) is 0 Å². The molecular weight excluding hydrogens is 324 g/mol. The van der Waals surface area contributed by atoms with E-state index in [-0.39, 0.29) is 17.6 Å². The van der Waals surface area contributed by atoms with E-state index in [0.717, 1.165) is 12.8 Å². The third-order valence-electron chi connectivity index (χ3n) is 4.27. The van der Waals surface area contributed by atoms with Crippen molar-refractivity contribution in [3.05, 3.63) is 65.2 Å². The van der Waals surface area contributed by atoms with Crippen molar-refractivity contribution in [3.63, 3.8) is 0 Å². The Bertz CT molecular complexity index is 862. The smallest absolute Gasteiger partial charge is 0.224 e. The molecule has 0 aliphatic heterocycles. The van der Waals surface area contributed by atoms with E-state index in [0.29, 0.717) is 17.7 Å². The lowest BCUT2D eigenvalue weighted by Gasteiger charge is -2.12. The van der Waals surface area contributed by atoms with Gasteiger partial charge in [-0.1, -0.05) is 36.4 Å². The quantitative estimate of drug-likeness (QED) is 0.873. The van der Waals surface area contributed by atoms with Gasteiger partial charge < -0.3 is 5.32 Å². The van der Waals surface area contributed by atoms with Gasteiger partial charge in [-0.3, -0.25) is 4.79 Å². The minimum absolute atomic E-state index is 0.0653. The number of benzene rings is 2. The van der Waals surface area contributed by atoms with Crippen molar-refractivity contribution in [2.75, 3.05) is 5.32 Å². The molecule has 126 valence electrons. The van der Waals surface area contributed by atoms with Crippen molar-refractivity contribution in [1.29, 1.82) is 0 Å². The lowest BCUT2D eigenvalue weighted by Crippen LogP contribution is -2.16.